The minimum atomic E-state index is -1.54. The van der Waals surface area contributed by atoms with Crippen LogP contribution in [0.25, 0.3) is 0 Å². The average molecular weight is 213 g/mol. The molecule has 1 amide bonds. The van der Waals surface area contributed by atoms with E-state index in [9.17, 15) is 4.79 Å². The molecule has 1 aromatic rings. The first kappa shape index (κ1) is 11.0. The lowest BCUT2D eigenvalue weighted by Gasteiger charge is -2.03. The topological polar surface area (TPSA) is 69.6 Å². The predicted octanol–water partition coefficient (Wildman–Crippen LogP) is 0.0818. The molecule has 0 fully saturated rings. The first-order chi connectivity index (χ1) is 6.59. The van der Waals surface area contributed by atoms with Crippen LogP contribution >= 0.6 is 11.6 Å². The van der Waals surface area contributed by atoms with Gasteiger partial charge in [-0.15, -0.1) is 0 Å². The Labute approximate surface area is 86.7 Å². The highest BCUT2D eigenvalue weighted by Gasteiger charge is 2.10. The smallest absolute Gasteiger partial charge is 0.426 e. The van der Waals surface area contributed by atoms with Crippen molar-refractivity contribution in [3.05, 3.63) is 34.9 Å². The summed E-state index contributed by atoms with van der Waals surface area (Å²) < 4.78 is 0. The van der Waals surface area contributed by atoms with Gasteiger partial charge in [-0.2, -0.15) is 0 Å². The summed E-state index contributed by atoms with van der Waals surface area (Å²) >= 11 is 5.63. The highest BCUT2D eigenvalue weighted by molar-refractivity contribution is 6.41. The predicted molar refractivity (Wildman–Crippen MR) is 54.0 cm³/mol. The second-order valence-electron chi connectivity index (χ2n) is 2.70. The van der Waals surface area contributed by atoms with E-state index in [-0.39, 0.29) is 12.4 Å². The fourth-order valence-corrected chi connectivity index (χ4v) is 1.01. The van der Waals surface area contributed by atoms with E-state index in [1.165, 1.54) is 0 Å². The molecule has 0 atom stereocenters. The number of nitrogens with one attached hydrogen (secondary N) is 1. The Hall–Kier alpha value is -1.04. The third kappa shape index (κ3) is 3.37. The zero-order valence-electron chi connectivity index (χ0n) is 7.27. The molecule has 0 radical (unpaired) electrons. The summed E-state index contributed by atoms with van der Waals surface area (Å²) in [6.45, 7) is 0. The molecule has 0 saturated heterocycles. The van der Waals surface area contributed by atoms with Crippen LogP contribution in [0.1, 0.15) is 10.4 Å². The Bertz CT molecular complexity index is 315. The number of amides is 1. The van der Waals surface area contributed by atoms with E-state index in [1.54, 1.807) is 24.3 Å². The Balaban J connectivity index is 2.57. The van der Waals surface area contributed by atoms with E-state index in [0.717, 1.165) is 0 Å². The van der Waals surface area contributed by atoms with E-state index in [1.807, 2.05) is 0 Å². The van der Waals surface area contributed by atoms with Crippen LogP contribution in [0.2, 0.25) is 5.02 Å². The largest absolute Gasteiger partial charge is 0.472 e. The van der Waals surface area contributed by atoms with Gasteiger partial charge in [0.25, 0.3) is 5.91 Å². The van der Waals surface area contributed by atoms with Gasteiger partial charge in [0.15, 0.2) is 0 Å². The first-order valence-corrected chi connectivity index (χ1v) is 4.37. The van der Waals surface area contributed by atoms with Gasteiger partial charge in [0.2, 0.25) is 0 Å². The van der Waals surface area contributed by atoms with Gasteiger partial charge in [-0.1, -0.05) is 11.6 Å². The highest BCUT2D eigenvalue weighted by atomic mass is 35.5. The van der Waals surface area contributed by atoms with E-state index < -0.39 is 7.12 Å². The second-order valence-corrected chi connectivity index (χ2v) is 3.13. The van der Waals surface area contributed by atoms with Gasteiger partial charge >= 0.3 is 7.12 Å². The number of hydrogen-bond acceptors (Lipinski definition) is 3. The molecular formula is C8H9BClNO3. The summed E-state index contributed by atoms with van der Waals surface area (Å²) in [4.78, 5) is 11.3. The zero-order valence-corrected chi connectivity index (χ0v) is 8.03. The lowest BCUT2D eigenvalue weighted by molar-refractivity contribution is 0.0956. The van der Waals surface area contributed by atoms with Crippen LogP contribution in [0, 0.1) is 0 Å². The van der Waals surface area contributed by atoms with Crippen molar-refractivity contribution in [2.24, 2.45) is 0 Å². The monoisotopic (exact) mass is 213 g/mol. The van der Waals surface area contributed by atoms with Crippen molar-refractivity contribution >= 4 is 24.6 Å². The van der Waals surface area contributed by atoms with Crippen molar-refractivity contribution < 1.29 is 14.8 Å². The van der Waals surface area contributed by atoms with Crippen LogP contribution in [-0.4, -0.2) is 29.5 Å². The van der Waals surface area contributed by atoms with Gasteiger partial charge in [0.1, 0.15) is 0 Å². The second kappa shape index (κ2) is 5.00. The molecular weight excluding hydrogens is 204 g/mol. The molecule has 0 bridgehead atoms. The average Bonchev–Trinajstić information content (AvgIpc) is 2.15. The maximum atomic E-state index is 11.3. The number of halogens is 1. The Morgan fingerprint density at radius 1 is 1.36 bits per heavy atom. The number of carbonyl (C=O) groups is 1. The number of carbonyl (C=O) groups excluding carboxylic acids is 1. The zero-order chi connectivity index (χ0) is 10.6. The molecule has 1 aromatic carbocycles. The summed E-state index contributed by atoms with van der Waals surface area (Å²) in [5.74, 6) is -0.366. The maximum Gasteiger partial charge on any atom is 0.472 e. The molecule has 14 heavy (non-hydrogen) atoms. The molecule has 0 aliphatic heterocycles. The van der Waals surface area contributed by atoms with E-state index in [2.05, 4.69) is 5.32 Å². The third-order valence-electron chi connectivity index (χ3n) is 1.55. The third-order valence-corrected chi connectivity index (χ3v) is 1.80. The SMILES string of the molecule is O=C(NCB(O)O)c1ccc(Cl)cc1. The van der Waals surface area contributed by atoms with Crippen LogP contribution in [0.15, 0.2) is 24.3 Å². The fraction of sp³-hybridized carbons (Fsp3) is 0.125. The minimum Gasteiger partial charge on any atom is -0.426 e. The molecule has 0 spiro atoms. The van der Waals surface area contributed by atoms with Crippen molar-refractivity contribution in [3.63, 3.8) is 0 Å². The molecule has 4 nitrogen and oxygen atoms in total. The van der Waals surface area contributed by atoms with Crippen LogP contribution in [0.5, 0.6) is 0 Å². The Morgan fingerprint density at radius 3 is 2.43 bits per heavy atom. The van der Waals surface area contributed by atoms with E-state index in [4.69, 9.17) is 21.6 Å². The van der Waals surface area contributed by atoms with Crippen LogP contribution < -0.4 is 5.32 Å². The Kier molecular flexibility index (Phi) is 3.94. The maximum absolute atomic E-state index is 11.3. The van der Waals surface area contributed by atoms with Crippen molar-refractivity contribution in [1.82, 2.24) is 5.32 Å². The molecule has 0 saturated carbocycles. The van der Waals surface area contributed by atoms with Gasteiger partial charge in [-0.05, 0) is 24.3 Å². The highest BCUT2D eigenvalue weighted by Crippen LogP contribution is 2.08. The van der Waals surface area contributed by atoms with E-state index in [0.29, 0.717) is 10.6 Å². The Morgan fingerprint density at radius 2 is 1.93 bits per heavy atom. The van der Waals surface area contributed by atoms with Crippen molar-refractivity contribution in [2.75, 3.05) is 6.44 Å². The van der Waals surface area contributed by atoms with Gasteiger partial charge in [-0.25, -0.2) is 0 Å². The summed E-state index contributed by atoms with van der Waals surface area (Å²) in [6, 6.07) is 6.29. The van der Waals surface area contributed by atoms with Crippen LogP contribution in [-0.2, 0) is 0 Å². The molecule has 0 aromatic heterocycles. The summed E-state index contributed by atoms with van der Waals surface area (Å²) in [7, 11) is -1.54. The summed E-state index contributed by atoms with van der Waals surface area (Å²) in [5.41, 5.74) is 0.426. The minimum absolute atomic E-state index is 0.193. The van der Waals surface area contributed by atoms with Crippen LogP contribution in [0.3, 0.4) is 0 Å². The molecule has 6 heteroatoms. The van der Waals surface area contributed by atoms with Gasteiger partial charge in [0, 0.05) is 10.6 Å². The summed E-state index contributed by atoms with van der Waals surface area (Å²) in [5, 5.41) is 19.9. The first-order valence-electron chi connectivity index (χ1n) is 3.99. The van der Waals surface area contributed by atoms with Gasteiger partial charge in [-0.3, -0.25) is 4.79 Å². The summed E-state index contributed by atoms with van der Waals surface area (Å²) in [6.07, 6.45) is -0.193. The lowest BCUT2D eigenvalue weighted by Crippen LogP contribution is -2.34. The molecule has 1 rings (SSSR count). The lowest BCUT2D eigenvalue weighted by atomic mass is 9.92. The van der Waals surface area contributed by atoms with E-state index >= 15 is 0 Å². The standard InChI is InChI=1S/C8H9BClNO3/c10-7-3-1-6(2-4-7)8(12)11-5-9(13)14/h1-4,13-14H,5H2,(H,11,12). The molecule has 74 valence electrons. The molecule has 0 aliphatic carbocycles. The fourth-order valence-electron chi connectivity index (χ4n) is 0.887. The quantitative estimate of drug-likeness (QED) is 0.623. The van der Waals surface area contributed by atoms with Gasteiger partial charge < -0.3 is 15.4 Å². The number of benzene rings is 1. The van der Waals surface area contributed by atoms with Crippen molar-refractivity contribution in [1.29, 1.82) is 0 Å². The van der Waals surface area contributed by atoms with Crippen LogP contribution in [0.4, 0.5) is 0 Å². The molecule has 0 unspecified atom stereocenters. The van der Waals surface area contributed by atoms with Crippen molar-refractivity contribution in [3.8, 4) is 0 Å². The molecule has 0 heterocycles. The molecule has 3 N–H and O–H groups in total. The normalized spacial score (nSPS) is 9.64. The number of hydrogen-bond donors (Lipinski definition) is 3. The molecule has 0 aliphatic rings. The van der Waals surface area contributed by atoms with Gasteiger partial charge in [0.05, 0.1) is 6.44 Å². The van der Waals surface area contributed by atoms with Crippen molar-refractivity contribution in [2.45, 2.75) is 0 Å². The number of rotatable bonds is 3.